The lowest BCUT2D eigenvalue weighted by Crippen LogP contribution is -2.01. The van der Waals surface area contributed by atoms with E-state index >= 15 is 0 Å². The Hall–Kier alpha value is -1.91. The molecule has 0 saturated heterocycles. The Labute approximate surface area is 74.0 Å². The zero-order chi connectivity index (χ0) is 9.26. The van der Waals surface area contributed by atoms with Gasteiger partial charge in [0.05, 0.1) is 18.0 Å². The van der Waals surface area contributed by atoms with Gasteiger partial charge in [0.1, 0.15) is 6.26 Å². The molecule has 0 N–H and O–H groups in total. The fourth-order valence-electron chi connectivity index (χ4n) is 0.991. The predicted octanol–water partition coefficient (Wildman–Crippen LogP) is 0.639. The van der Waals surface area contributed by atoms with Crippen LogP contribution in [0.3, 0.4) is 0 Å². The Morgan fingerprint density at radius 3 is 3.00 bits per heavy atom. The number of nitrogens with zero attached hydrogens (tertiary/aromatic N) is 3. The predicted molar refractivity (Wildman–Crippen MR) is 43.1 cm³/mol. The highest BCUT2D eigenvalue weighted by Gasteiger charge is 2.13. The summed E-state index contributed by atoms with van der Waals surface area (Å²) in [6.45, 7) is 0. The van der Waals surface area contributed by atoms with E-state index in [0.717, 1.165) is 0 Å². The molecule has 0 bridgehead atoms. The number of aryl methyl sites for hydroxylation is 1. The van der Waals surface area contributed by atoms with Gasteiger partial charge in [-0.2, -0.15) is 15.0 Å². The third-order valence-corrected chi connectivity index (χ3v) is 1.62. The second kappa shape index (κ2) is 2.85. The summed E-state index contributed by atoms with van der Waals surface area (Å²) in [5.74, 6) is -0.179. The fourth-order valence-corrected chi connectivity index (χ4v) is 0.991. The average molecular weight is 177 g/mol. The second-order valence-corrected chi connectivity index (χ2v) is 2.56. The first-order chi connectivity index (χ1) is 6.27. The number of hydrogen-bond donors (Lipinski definition) is 0. The zero-order valence-corrected chi connectivity index (χ0v) is 6.97. The molecule has 0 amide bonds. The average Bonchev–Trinajstić information content (AvgIpc) is 2.72. The Morgan fingerprint density at radius 2 is 2.46 bits per heavy atom. The SMILES string of the molecule is Cn1ncc(C(=O)c2ccoc2)n1. The first-order valence-corrected chi connectivity index (χ1v) is 3.70. The molecule has 5 heteroatoms. The number of ketones is 1. The molecule has 0 aliphatic rings. The van der Waals surface area contributed by atoms with Crippen molar-refractivity contribution in [2.24, 2.45) is 7.05 Å². The molecule has 2 aromatic heterocycles. The Morgan fingerprint density at radius 1 is 1.62 bits per heavy atom. The van der Waals surface area contributed by atoms with E-state index in [0.29, 0.717) is 11.3 Å². The van der Waals surface area contributed by atoms with Crippen molar-refractivity contribution in [1.82, 2.24) is 15.0 Å². The monoisotopic (exact) mass is 177 g/mol. The molecule has 0 fully saturated rings. The normalized spacial score (nSPS) is 10.2. The van der Waals surface area contributed by atoms with Crippen LogP contribution in [0.15, 0.2) is 29.2 Å². The smallest absolute Gasteiger partial charge is 0.218 e. The first-order valence-electron chi connectivity index (χ1n) is 3.70. The molecular weight excluding hydrogens is 170 g/mol. The maximum Gasteiger partial charge on any atom is 0.218 e. The van der Waals surface area contributed by atoms with Gasteiger partial charge in [-0.1, -0.05) is 0 Å². The summed E-state index contributed by atoms with van der Waals surface area (Å²) in [7, 11) is 1.66. The van der Waals surface area contributed by atoms with Crippen molar-refractivity contribution >= 4 is 5.78 Å². The largest absolute Gasteiger partial charge is 0.472 e. The molecule has 0 unspecified atom stereocenters. The second-order valence-electron chi connectivity index (χ2n) is 2.56. The van der Waals surface area contributed by atoms with Gasteiger partial charge in [0.15, 0.2) is 5.69 Å². The zero-order valence-electron chi connectivity index (χ0n) is 6.97. The lowest BCUT2D eigenvalue weighted by atomic mass is 10.2. The lowest BCUT2D eigenvalue weighted by molar-refractivity contribution is 0.103. The van der Waals surface area contributed by atoms with Crippen LogP contribution < -0.4 is 0 Å². The topological polar surface area (TPSA) is 60.9 Å². The molecule has 2 heterocycles. The van der Waals surface area contributed by atoms with E-state index in [2.05, 4.69) is 10.2 Å². The highest BCUT2D eigenvalue weighted by Crippen LogP contribution is 2.06. The maximum atomic E-state index is 11.5. The van der Waals surface area contributed by atoms with Gasteiger partial charge >= 0.3 is 0 Å². The van der Waals surface area contributed by atoms with E-state index in [1.807, 2.05) is 0 Å². The highest BCUT2D eigenvalue weighted by atomic mass is 16.3. The Balaban J connectivity index is 2.33. The number of rotatable bonds is 2. The number of carbonyl (C=O) groups excluding carboxylic acids is 1. The molecule has 13 heavy (non-hydrogen) atoms. The minimum absolute atomic E-state index is 0.179. The van der Waals surface area contributed by atoms with E-state index < -0.39 is 0 Å². The summed E-state index contributed by atoms with van der Waals surface area (Å²) in [5.41, 5.74) is 0.810. The van der Waals surface area contributed by atoms with Gasteiger partial charge in [-0.15, -0.1) is 0 Å². The molecule has 0 spiro atoms. The van der Waals surface area contributed by atoms with Crippen molar-refractivity contribution < 1.29 is 9.21 Å². The molecule has 0 aromatic carbocycles. The minimum Gasteiger partial charge on any atom is -0.472 e. The number of aromatic nitrogens is 3. The number of carbonyl (C=O) groups is 1. The van der Waals surface area contributed by atoms with Crippen LogP contribution >= 0.6 is 0 Å². The number of hydrogen-bond acceptors (Lipinski definition) is 4. The molecule has 5 nitrogen and oxygen atoms in total. The Bertz CT molecular complexity index is 416. The van der Waals surface area contributed by atoms with E-state index in [9.17, 15) is 4.79 Å². The lowest BCUT2D eigenvalue weighted by Gasteiger charge is -1.88. The van der Waals surface area contributed by atoms with Gasteiger partial charge in [0, 0.05) is 7.05 Å². The molecule has 0 radical (unpaired) electrons. The Kier molecular flexibility index (Phi) is 1.70. The van der Waals surface area contributed by atoms with Crippen LogP contribution in [0.2, 0.25) is 0 Å². The van der Waals surface area contributed by atoms with Gasteiger partial charge in [0.25, 0.3) is 0 Å². The first kappa shape index (κ1) is 7.72. The van der Waals surface area contributed by atoms with E-state index in [1.54, 1.807) is 13.1 Å². The highest BCUT2D eigenvalue weighted by molar-refractivity contribution is 6.07. The van der Waals surface area contributed by atoms with Crippen LogP contribution in [0.25, 0.3) is 0 Å². The van der Waals surface area contributed by atoms with Crippen LogP contribution in [0.5, 0.6) is 0 Å². The molecular formula is C8H7N3O2. The molecule has 0 atom stereocenters. The van der Waals surface area contributed by atoms with Crippen molar-refractivity contribution in [3.8, 4) is 0 Å². The van der Waals surface area contributed by atoms with Crippen molar-refractivity contribution in [2.45, 2.75) is 0 Å². The molecule has 2 aromatic rings. The van der Waals surface area contributed by atoms with Crippen LogP contribution in [0.1, 0.15) is 16.1 Å². The molecule has 2 rings (SSSR count). The van der Waals surface area contributed by atoms with Crippen molar-refractivity contribution in [1.29, 1.82) is 0 Å². The van der Waals surface area contributed by atoms with Gasteiger partial charge in [-0.25, -0.2) is 0 Å². The summed E-state index contributed by atoms with van der Waals surface area (Å²) >= 11 is 0. The number of furan rings is 1. The third-order valence-electron chi connectivity index (χ3n) is 1.62. The minimum atomic E-state index is -0.179. The van der Waals surface area contributed by atoms with Crippen LogP contribution in [0.4, 0.5) is 0 Å². The summed E-state index contributed by atoms with van der Waals surface area (Å²) < 4.78 is 4.79. The van der Waals surface area contributed by atoms with Crippen LogP contribution in [0, 0.1) is 0 Å². The van der Waals surface area contributed by atoms with Crippen molar-refractivity contribution in [3.63, 3.8) is 0 Å². The van der Waals surface area contributed by atoms with Gasteiger partial charge < -0.3 is 4.42 Å². The summed E-state index contributed by atoms with van der Waals surface area (Å²) in [6.07, 6.45) is 4.26. The standard InChI is InChI=1S/C8H7N3O2/c1-11-9-4-7(10-11)8(12)6-2-3-13-5-6/h2-5H,1H3. The van der Waals surface area contributed by atoms with Gasteiger partial charge in [0.2, 0.25) is 5.78 Å². The van der Waals surface area contributed by atoms with E-state index in [4.69, 9.17) is 4.42 Å². The molecule has 0 saturated carbocycles. The van der Waals surface area contributed by atoms with Crippen LogP contribution in [-0.4, -0.2) is 20.8 Å². The fraction of sp³-hybridized carbons (Fsp3) is 0.125. The van der Waals surface area contributed by atoms with Crippen LogP contribution in [-0.2, 0) is 7.05 Å². The summed E-state index contributed by atoms with van der Waals surface area (Å²) in [5, 5.41) is 7.68. The quantitative estimate of drug-likeness (QED) is 0.631. The molecule has 0 aliphatic carbocycles. The van der Waals surface area contributed by atoms with Gasteiger partial charge in [-0.3, -0.25) is 4.79 Å². The van der Waals surface area contributed by atoms with Gasteiger partial charge in [-0.05, 0) is 6.07 Å². The van der Waals surface area contributed by atoms with Crippen molar-refractivity contribution in [3.05, 3.63) is 36.0 Å². The summed E-state index contributed by atoms with van der Waals surface area (Å²) in [6, 6.07) is 1.59. The third kappa shape index (κ3) is 1.35. The molecule has 0 aliphatic heterocycles. The van der Waals surface area contributed by atoms with E-state index in [1.165, 1.54) is 23.5 Å². The van der Waals surface area contributed by atoms with E-state index in [-0.39, 0.29) is 5.78 Å². The summed E-state index contributed by atoms with van der Waals surface area (Å²) in [4.78, 5) is 12.9. The molecule has 66 valence electrons. The van der Waals surface area contributed by atoms with Crippen molar-refractivity contribution in [2.75, 3.05) is 0 Å². The maximum absolute atomic E-state index is 11.5.